The maximum Gasteiger partial charge on any atom is 0.134 e. The molecule has 4 nitrogen and oxygen atoms in total. The lowest BCUT2D eigenvalue weighted by atomic mass is 10.1. The van der Waals surface area contributed by atoms with Crippen LogP contribution in [0.4, 0.5) is 0 Å². The summed E-state index contributed by atoms with van der Waals surface area (Å²) in [6.07, 6.45) is 1.76. The first-order valence-electron chi connectivity index (χ1n) is 3.94. The third kappa shape index (κ3) is 0.958. The van der Waals surface area contributed by atoms with E-state index in [1.807, 2.05) is 6.07 Å². The summed E-state index contributed by atoms with van der Waals surface area (Å²) >= 11 is 0. The Balaban J connectivity index is 2.73. The molecule has 0 saturated heterocycles. The summed E-state index contributed by atoms with van der Waals surface area (Å²) in [5.74, 6) is 0.388. The third-order valence-corrected chi connectivity index (χ3v) is 1.81. The van der Waals surface area contributed by atoms with Gasteiger partial charge in [0, 0.05) is 6.20 Å². The van der Waals surface area contributed by atoms with E-state index in [1.165, 1.54) is 0 Å². The van der Waals surface area contributed by atoms with E-state index in [2.05, 4.69) is 34.2 Å². The fourth-order valence-electron chi connectivity index (χ4n) is 1.22. The molecular formula is C8H10N4. The summed E-state index contributed by atoms with van der Waals surface area (Å²) < 4.78 is 0. The Bertz CT molecular complexity index is 391. The van der Waals surface area contributed by atoms with E-state index in [0.29, 0.717) is 5.92 Å². The molecule has 12 heavy (non-hydrogen) atoms. The molecule has 2 heterocycles. The second kappa shape index (κ2) is 2.55. The van der Waals surface area contributed by atoms with Crippen molar-refractivity contribution in [3.05, 3.63) is 18.0 Å². The predicted octanol–water partition coefficient (Wildman–Crippen LogP) is 1.48. The first-order chi connectivity index (χ1) is 5.79. The fraction of sp³-hybridized carbons (Fsp3) is 0.375. The van der Waals surface area contributed by atoms with E-state index in [0.717, 1.165) is 16.7 Å². The molecule has 0 atom stereocenters. The van der Waals surface area contributed by atoms with Gasteiger partial charge in [-0.15, -0.1) is 0 Å². The quantitative estimate of drug-likeness (QED) is 0.690. The minimum absolute atomic E-state index is 0.388. The molecule has 4 heteroatoms. The van der Waals surface area contributed by atoms with Gasteiger partial charge in [0.1, 0.15) is 11.0 Å². The van der Waals surface area contributed by atoms with Crippen molar-refractivity contribution in [2.24, 2.45) is 0 Å². The number of pyridine rings is 1. The van der Waals surface area contributed by atoms with Gasteiger partial charge in [0.2, 0.25) is 0 Å². The Morgan fingerprint density at radius 2 is 2.17 bits per heavy atom. The highest BCUT2D eigenvalue weighted by Gasteiger charge is 2.08. The molecule has 2 aromatic heterocycles. The number of hydrogen-bond donors (Lipinski definition) is 1. The zero-order valence-electron chi connectivity index (χ0n) is 7.07. The molecule has 62 valence electrons. The lowest BCUT2D eigenvalue weighted by Gasteiger charge is -2.02. The van der Waals surface area contributed by atoms with Gasteiger partial charge in [-0.3, -0.25) is 4.98 Å². The van der Waals surface area contributed by atoms with Crippen molar-refractivity contribution in [1.82, 2.24) is 20.4 Å². The second-order valence-corrected chi connectivity index (χ2v) is 3.04. The van der Waals surface area contributed by atoms with Crippen LogP contribution in [0.2, 0.25) is 0 Å². The normalized spacial score (nSPS) is 11.2. The van der Waals surface area contributed by atoms with Gasteiger partial charge in [-0.25, -0.2) is 0 Å². The second-order valence-electron chi connectivity index (χ2n) is 3.04. The number of nitrogens with one attached hydrogen (secondary N) is 1. The van der Waals surface area contributed by atoms with Crippen LogP contribution in [0.15, 0.2) is 12.3 Å². The van der Waals surface area contributed by atoms with Crippen LogP contribution in [0.3, 0.4) is 0 Å². The summed E-state index contributed by atoms with van der Waals surface area (Å²) in [5, 5.41) is 10.6. The van der Waals surface area contributed by atoms with Crippen molar-refractivity contribution in [1.29, 1.82) is 0 Å². The van der Waals surface area contributed by atoms with Gasteiger partial charge in [0.15, 0.2) is 0 Å². The zero-order valence-corrected chi connectivity index (χ0v) is 7.07. The molecular weight excluding hydrogens is 152 g/mol. The molecule has 0 aliphatic rings. The highest BCUT2D eigenvalue weighted by molar-refractivity contribution is 5.75. The van der Waals surface area contributed by atoms with Crippen molar-refractivity contribution >= 4 is 11.0 Å². The highest BCUT2D eigenvalue weighted by Crippen LogP contribution is 2.18. The minimum atomic E-state index is 0.388. The molecule has 0 radical (unpaired) electrons. The van der Waals surface area contributed by atoms with Gasteiger partial charge in [-0.1, -0.05) is 13.8 Å². The molecule has 0 aliphatic carbocycles. The molecule has 0 bridgehead atoms. The van der Waals surface area contributed by atoms with Crippen LogP contribution in [-0.2, 0) is 0 Å². The van der Waals surface area contributed by atoms with E-state index < -0.39 is 0 Å². The van der Waals surface area contributed by atoms with E-state index in [1.54, 1.807) is 6.20 Å². The van der Waals surface area contributed by atoms with Crippen molar-refractivity contribution in [2.45, 2.75) is 19.8 Å². The van der Waals surface area contributed by atoms with Gasteiger partial charge < -0.3 is 0 Å². The zero-order chi connectivity index (χ0) is 8.55. The SMILES string of the molecule is CC(C)c1nccc2n[nH]nc12. The Labute approximate surface area is 70.0 Å². The van der Waals surface area contributed by atoms with Crippen LogP contribution >= 0.6 is 0 Å². The van der Waals surface area contributed by atoms with Gasteiger partial charge in [0.25, 0.3) is 0 Å². The number of aromatic amines is 1. The highest BCUT2D eigenvalue weighted by atomic mass is 15.3. The summed E-state index contributed by atoms with van der Waals surface area (Å²) in [5.41, 5.74) is 2.77. The van der Waals surface area contributed by atoms with Crippen LogP contribution in [0.5, 0.6) is 0 Å². The molecule has 0 saturated carbocycles. The van der Waals surface area contributed by atoms with E-state index >= 15 is 0 Å². The fourth-order valence-corrected chi connectivity index (χ4v) is 1.22. The van der Waals surface area contributed by atoms with E-state index in [4.69, 9.17) is 0 Å². The van der Waals surface area contributed by atoms with Crippen LogP contribution in [0.1, 0.15) is 25.5 Å². The molecule has 0 spiro atoms. The number of nitrogens with zero attached hydrogens (tertiary/aromatic N) is 3. The number of H-pyrrole nitrogens is 1. The van der Waals surface area contributed by atoms with Crippen LogP contribution in [0, 0.1) is 0 Å². The van der Waals surface area contributed by atoms with Crippen molar-refractivity contribution < 1.29 is 0 Å². The van der Waals surface area contributed by atoms with Gasteiger partial charge in [-0.2, -0.15) is 15.4 Å². The van der Waals surface area contributed by atoms with Gasteiger partial charge >= 0.3 is 0 Å². The largest absolute Gasteiger partial charge is 0.259 e. The molecule has 0 fully saturated rings. The molecule has 0 aromatic carbocycles. The average molecular weight is 162 g/mol. The first kappa shape index (κ1) is 7.21. The van der Waals surface area contributed by atoms with Crippen molar-refractivity contribution in [3.63, 3.8) is 0 Å². The lowest BCUT2D eigenvalue weighted by molar-refractivity contribution is 0.828. The Hall–Kier alpha value is -1.45. The predicted molar refractivity (Wildman–Crippen MR) is 45.8 cm³/mol. The standard InChI is InChI=1S/C8H10N4/c1-5(2)7-8-6(3-4-9-7)10-12-11-8/h3-5H,1-2H3,(H,10,11,12). The monoisotopic (exact) mass is 162 g/mol. The Morgan fingerprint density at radius 3 is 2.92 bits per heavy atom. The average Bonchev–Trinajstić information content (AvgIpc) is 2.49. The molecule has 0 aliphatic heterocycles. The molecule has 2 aromatic rings. The summed E-state index contributed by atoms with van der Waals surface area (Å²) in [6.45, 7) is 4.19. The molecule has 1 N–H and O–H groups in total. The van der Waals surface area contributed by atoms with Crippen molar-refractivity contribution in [3.8, 4) is 0 Å². The van der Waals surface area contributed by atoms with Crippen molar-refractivity contribution in [2.75, 3.05) is 0 Å². The maximum atomic E-state index is 4.26. The number of fused-ring (bicyclic) bond motifs is 1. The summed E-state index contributed by atoms with van der Waals surface area (Å²) in [6, 6.07) is 1.85. The lowest BCUT2D eigenvalue weighted by Crippen LogP contribution is -1.92. The van der Waals surface area contributed by atoms with Crippen LogP contribution < -0.4 is 0 Å². The topological polar surface area (TPSA) is 54.5 Å². The maximum absolute atomic E-state index is 4.26. The summed E-state index contributed by atoms with van der Waals surface area (Å²) in [4.78, 5) is 4.26. The summed E-state index contributed by atoms with van der Waals surface area (Å²) in [7, 11) is 0. The molecule has 2 rings (SSSR count). The minimum Gasteiger partial charge on any atom is -0.259 e. The van der Waals surface area contributed by atoms with E-state index in [-0.39, 0.29) is 0 Å². The number of rotatable bonds is 1. The number of aromatic nitrogens is 4. The molecule has 0 unspecified atom stereocenters. The van der Waals surface area contributed by atoms with Crippen LogP contribution in [-0.4, -0.2) is 20.4 Å². The Morgan fingerprint density at radius 1 is 1.33 bits per heavy atom. The smallest absolute Gasteiger partial charge is 0.134 e. The molecule has 0 amide bonds. The van der Waals surface area contributed by atoms with Gasteiger partial charge in [0.05, 0.1) is 5.69 Å². The van der Waals surface area contributed by atoms with Crippen LogP contribution in [0.25, 0.3) is 11.0 Å². The number of hydrogen-bond acceptors (Lipinski definition) is 3. The van der Waals surface area contributed by atoms with Gasteiger partial charge in [-0.05, 0) is 12.0 Å². The third-order valence-electron chi connectivity index (χ3n) is 1.81. The Kier molecular flexibility index (Phi) is 1.53. The first-order valence-corrected chi connectivity index (χ1v) is 3.94. The van der Waals surface area contributed by atoms with E-state index in [9.17, 15) is 0 Å².